The molecule has 2 atom stereocenters. The molecule has 3 aromatic rings. The summed E-state index contributed by atoms with van der Waals surface area (Å²) in [5.41, 5.74) is 8.81. The van der Waals surface area contributed by atoms with Crippen LogP contribution in [-0.4, -0.2) is 0 Å². The Bertz CT molecular complexity index is 1080. The van der Waals surface area contributed by atoms with Crippen LogP contribution in [0.25, 0.3) is 10.8 Å². The van der Waals surface area contributed by atoms with Gasteiger partial charge in [-0.1, -0.05) is 103 Å². The predicted molar refractivity (Wildman–Crippen MR) is 131 cm³/mol. The third-order valence-electron chi connectivity index (χ3n) is 6.87. The van der Waals surface area contributed by atoms with Gasteiger partial charge in [-0.05, 0) is 72.9 Å². The van der Waals surface area contributed by atoms with Crippen LogP contribution < -0.4 is 0 Å². The number of rotatable bonds is 7. The van der Waals surface area contributed by atoms with Gasteiger partial charge in [0.05, 0.1) is 0 Å². The third kappa shape index (κ3) is 4.43. The number of fused-ring (bicyclic) bond motifs is 1. The second-order valence-corrected chi connectivity index (χ2v) is 9.10. The molecule has 3 aromatic carbocycles. The molecule has 0 heteroatoms. The summed E-state index contributed by atoms with van der Waals surface area (Å²) < 4.78 is 0. The molecule has 30 heavy (non-hydrogen) atoms. The van der Waals surface area contributed by atoms with Crippen LogP contribution in [-0.2, 0) is 12.8 Å². The topological polar surface area (TPSA) is 0 Å². The van der Waals surface area contributed by atoms with E-state index in [0.717, 1.165) is 12.8 Å². The molecular formula is C30H34. The highest BCUT2D eigenvalue weighted by molar-refractivity contribution is 5.86. The molecule has 0 saturated heterocycles. The van der Waals surface area contributed by atoms with E-state index in [1.807, 2.05) is 0 Å². The van der Waals surface area contributed by atoms with Crippen molar-refractivity contribution < 1.29 is 0 Å². The highest BCUT2D eigenvalue weighted by Gasteiger charge is 2.25. The SMILES string of the molecule is CCC1C(Cc2ccc(C)cc2)=CC=C1[C@@H](C)CCc1ccc2c(C)cccc2c1. The number of benzene rings is 3. The first kappa shape index (κ1) is 20.7. The first-order valence-electron chi connectivity index (χ1n) is 11.5. The van der Waals surface area contributed by atoms with Gasteiger partial charge in [-0.3, -0.25) is 0 Å². The minimum absolute atomic E-state index is 0.612. The van der Waals surface area contributed by atoms with Crippen molar-refractivity contribution >= 4 is 10.8 Å². The van der Waals surface area contributed by atoms with E-state index in [2.05, 4.69) is 101 Å². The van der Waals surface area contributed by atoms with Gasteiger partial charge in [0.25, 0.3) is 0 Å². The smallest absolute Gasteiger partial charge is 0.00166 e. The Morgan fingerprint density at radius 1 is 0.867 bits per heavy atom. The Labute approximate surface area is 182 Å². The van der Waals surface area contributed by atoms with Gasteiger partial charge in [-0.15, -0.1) is 0 Å². The summed E-state index contributed by atoms with van der Waals surface area (Å²) in [6.07, 6.45) is 9.46. The summed E-state index contributed by atoms with van der Waals surface area (Å²) in [7, 11) is 0. The minimum atomic E-state index is 0.612. The van der Waals surface area contributed by atoms with Gasteiger partial charge in [-0.25, -0.2) is 0 Å². The zero-order valence-electron chi connectivity index (χ0n) is 18.9. The predicted octanol–water partition coefficient (Wildman–Crippen LogP) is 8.16. The molecule has 4 rings (SSSR count). The largest absolute Gasteiger partial charge is 0.0645 e. The molecule has 1 aliphatic carbocycles. The molecule has 0 nitrogen and oxygen atoms in total. The molecule has 0 radical (unpaired) electrons. The highest BCUT2D eigenvalue weighted by atomic mass is 14.3. The van der Waals surface area contributed by atoms with Gasteiger partial charge in [0.2, 0.25) is 0 Å². The van der Waals surface area contributed by atoms with E-state index in [9.17, 15) is 0 Å². The fourth-order valence-corrected chi connectivity index (χ4v) is 4.98. The molecular weight excluding hydrogens is 360 g/mol. The summed E-state index contributed by atoms with van der Waals surface area (Å²) in [5.74, 6) is 1.23. The monoisotopic (exact) mass is 394 g/mol. The third-order valence-corrected chi connectivity index (χ3v) is 6.87. The number of aryl methyl sites for hydroxylation is 3. The molecule has 1 unspecified atom stereocenters. The van der Waals surface area contributed by atoms with Gasteiger partial charge < -0.3 is 0 Å². The minimum Gasteiger partial charge on any atom is -0.0645 e. The van der Waals surface area contributed by atoms with Crippen LogP contribution in [0.3, 0.4) is 0 Å². The van der Waals surface area contributed by atoms with Gasteiger partial charge in [-0.2, -0.15) is 0 Å². The van der Waals surface area contributed by atoms with E-state index in [1.165, 1.54) is 45.9 Å². The summed E-state index contributed by atoms with van der Waals surface area (Å²) in [6, 6.07) is 22.6. The maximum atomic E-state index is 2.42. The lowest BCUT2D eigenvalue weighted by molar-refractivity contribution is 0.530. The van der Waals surface area contributed by atoms with Crippen LogP contribution in [0, 0.1) is 25.7 Å². The van der Waals surface area contributed by atoms with Crippen LogP contribution in [0.2, 0.25) is 0 Å². The molecule has 0 saturated carbocycles. The average Bonchev–Trinajstić information content (AvgIpc) is 3.16. The zero-order valence-corrected chi connectivity index (χ0v) is 18.9. The fourth-order valence-electron chi connectivity index (χ4n) is 4.98. The van der Waals surface area contributed by atoms with Crippen LogP contribution in [0.1, 0.15) is 48.9 Å². The molecule has 1 aliphatic rings. The van der Waals surface area contributed by atoms with Crippen molar-refractivity contribution in [1.82, 2.24) is 0 Å². The summed E-state index contributed by atoms with van der Waals surface area (Å²) in [6.45, 7) is 9.11. The molecule has 0 heterocycles. The summed E-state index contributed by atoms with van der Waals surface area (Å²) in [5, 5.41) is 2.75. The first-order valence-corrected chi connectivity index (χ1v) is 11.5. The Kier molecular flexibility index (Phi) is 6.23. The maximum absolute atomic E-state index is 2.42. The lowest BCUT2D eigenvalue weighted by Gasteiger charge is -2.23. The van der Waals surface area contributed by atoms with Crippen molar-refractivity contribution in [3.05, 3.63) is 106 Å². The fraction of sp³-hybridized carbons (Fsp3) is 0.333. The quantitative estimate of drug-likeness (QED) is 0.379. The van der Waals surface area contributed by atoms with E-state index in [4.69, 9.17) is 0 Å². The Balaban J connectivity index is 1.40. The summed E-state index contributed by atoms with van der Waals surface area (Å²) in [4.78, 5) is 0. The Morgan fingerprint density at radius 3 is 2.40 bits per heavy atom. The van der Waals surface area contributed by atoms with E-state index in [1.54, 1.807) is 11.1 Å². The van der Waals surface area contributed by atoms with E-state index in [-0.39, 0.29) is 0 Å². The van der Waals surface area contributed by atoms with Gasteiger partial charge in [0, 0.05) is 5.92 Å². The normalized spacial score (nSPS) is 17.1. The second kappa shape index (κ2) is 9.04. The highest BCUT2D eigenvalue weighted by Crippen LogP contribution is 2.38. The molecule has 0 fully saturated rings. The van der Waals surface area contributed by atoms with E-state index < -0.39 is 0 Å². The number of hydrogen-bond donors (Lipinski definition) is 0. The van der Waals surface area contributed by atoms with E-state index in [0.29, 0.717) is 11.8 Å². The number of hydrogen-bond acceptors (Lipinski definition) is 0. The molecule has 0 aromatic heterocycles. The lowest BCUT2D eigenvalue weighted by atomic mass is 9.81. The van der Waals surface area contributed by atoms with E-state index >= 15 is 0 Å². The Morgan fingerprint density at radius 2 is 1.63 bits per heavy atom. The van der Waals surface area contributed by atoms with Crippen LogP contribution in [0.5, 0.6) is 0 Å². The standard InChI is InChI=1S/C30H34/c1-5-28-27(20-24-12-9-21(2)10-13-24)16-18-30(28)23(4)11-14-25-15-17-29-22(3)7-6-8-26(29)19-25/h6-10,12-13,15-19,23,28H,5,11,14,20H2,1-4H3/t23-,28?/m0/s1. The average molecular weight is 395 g/mol. The molecule has 0 aliphatic heterocycles. The van der Waals surface area contributed by atoms with Crippen LogP contribution >= 0.6 is 0 Å². The van der Waals surface area contributed by atoms with Crippen molar-refractivity contribution in [3.8, 4) is 0 Å². The molecule has 0 spiro atoms. The van der Waals surface area contributed by atoms with Crippen molar-refractivity contribution in [2.45, 2.75) is 53.4 Å². The summed E-state index contributed by atoms with van der Waals surface area (Å²) >= 11 is 0. The second-order valence-electron chi connectivity index (χ2n) is 9.10. The zero-order chi connectivity index (χ0) is 21.1. The van der Waals surface area contributed by atoms with Gasteiger partial charge in [0.15, 0.2) is 0 Å². The molecule has 0 amide bonds. The molecule has 0 bridgehead atoms. The van der Waals surface area contributed by atoms with Crippen molar-refractivity contribution in [2.24, 2.45) is 11.8 Å². The van der Waals surface area contributed by atoms with Crippen LogP contribution in [0.15, 0.2) is 84.0 Å². The van der Waals surface area contributed by atoms with Crippen molar-refractivity contribution in [2.75, 3.05) is 0 Å². The lowest BCUT2D eigenvalue weighted by Crippen LogP contribution is -2.12. The number of allylic oxidation sites excluding steroid dienone is 4. The molecule has 0 N–H and O–H groups in total. The van der Waals surface area contributed by atoms with Crippen molar-refractivity contribution in [3.63, 3.8) is 0 Å². The van der Waals surface area contributed by atoms with Crippen molar-refractivity contribution in [1.29, 1.82) is 0 Å². The van der Waals surface area contributed by atoms with Crippen LogP contribution in [0.4, 0.5) is 0 Å². The van der Waals surface area contributed by atoms with Gasteiger partial charge in [0.1, 0.15) is 0 Å². The Hall–Kier alpha value is -2.60. The maximum Gasteiger partial charge on any atom is 0.00166 e. The first-order chi connectivity index (χ1) is 14.5. The molecule has 154 valence electrons. The van der Waals surface area contributed by atoms with Gasteiger partial charge >= 0.3 is 0 Å².